The quantitative estimate of drug-likeness (QED) is 0.386. The van der Waals surface area contributed by atoms with Crippen molar-refractivity contribution in [1.29, 1.82) is 0 Å². The van der Waals surface area contributed by atoms with Gasteiger partial charge in [0.2, 0.25) is 0 Å². The molecule has 0 bridgehead atoms. The Hall–Kier alpha value is 0.114. The molecule has 1 aromatic carbocycles. The van der Waals surface area contributed by atoms with Crippen LogP contribution in [0.1, 0.15) is 63.0 Å². The molecule has 3 aliphatic carbocycles. The van der Waals surface area contributed by atoms with Crippen molar-refractivity contribution in [3.63, 3.8) is 0 Å². The first kappa shape index (κ1) is 24.1. The van der Waals surface area contributed by atoms with Gasteiger partial charge in [0.15, 0.2) is 0 Å². The summed E-state index contributed by atoms with van der Waals surface area (Å²) < 4.78 is 0. The summed E-state index contributed by atoms with van der Waals surface area (Å²) in [5, 5.41) is 0. The van der Waals surface area contributed by atoms with Gasteiger partial charge in [0.05, 0.1) is 0 Å². The van der Waals surface area contributed by atoms with Crippen molar-refractivity contribution in [2.75, 3.05) is 0 Å². The number of allylic oxidation sites excluding steroid dienone is 5. The smallest absolute Gasteiger partial charge is 1.00 e. The molecule has 3 aliphatic rings. The fourth-order valence-electron chi connectivity index (χ4n) is 3.52. The predicted octanol–water partition coefficient (Wildman–Crippen LogP) is -0.118. The Morgan fingerprint density at radius 2 is 1.71 bits per heavy atom. The molecule has 1 aromatic rings. The Balaban J connectivity index is 0.000000393. The van der Waals surface area contributed by atoms with Crippen LogP contribution >= 0.6 is 0 Å². The average Bonchev–Trinajstić information content (AvgIpc) is 3.12. The van der Waals surface area contributed by atoms with Crippen molar-refractivity contribution >= 4 is 6.08 Å². The molecule has 0 heterocycles. The SMILES string of the molecule is CC1[C-]=CC2=C1CCCC2.CCC1[C-]=Cc2ccccc21.[Br-].[Br-].[Ti+4]. The zero-order valence-electron chi connectivity index (χ0n) is 14.4. The summed E-state index contributed by atoms with van der Waals surface area (Å²) in [5.74, 6) is 1.18. The summed E-state index contributed by atoms with van der Waals surface area (Å²) in [6, 6.07) is 8.52. The largest absolute Gasteiger partial charge is 4.00 e. The van der Waals surface area contributed by atoms with Crippen molar-refractivity contribution in [3.8, 4) is 0 Å². The monoisotopic (exact) mass is 482 g/mol. The maximum absolute atomic E-state index is 3.36. The van der Waals surface area contributed by atoms with Crippen molar-refractivity contribution < 1.29 is 55.7 Å². The Kier molecular flexibility index (Phi) is 11.7. The molecule has 126 valence electrons. The molecule has 0 saturated carbocycles. The van der Waals surface area contributed by atoms with E-state index in [1.54, 1.807) is 11.1 Å². The second-order valence-electron chi connectivity index (χ2n) is 6.19. The second kappa shape index (κ2) is 11.7. The number of fused-ring (bicyclic) bond motifs is 1. The minimum atomic E-state index is 0. The first-order valence-electron chi connectivity index (χ1n) is 8.29. The molecule has 0 saturated heterocycles. The van der Waals surface area contributed by atoms with Crippen molar-refractivity contribution in [2.24, 2.45) is 5.92 Å². The molecule has 3 heteroatoms. The molecule has 0 spiro atoms. The zero-order valence-corrected chi connectivity index (χ0v) is 19.1. The van der Waals surface area contributed by atoms with Crippen LogP contribution in [0.4, 0.5) is 0 Å². The van der Waals surface area contributed by atoms with E-state index in [1.807, 2.05) is 0 Å². The standard InChI is InChI=1S/C11H11.C10H13.2BrH.Ti/c1-2-9-7-8-10-5-3-4-6-11(9)10;1-8-6-7-9-4-2-3-5-10(8)9;;;/h3-6,8-9H,2H2,1H3;7-8H,2-5H2,1H3;2*1H;/q2*-1;;;+4/p-2. The average molecular weight is 484 g/mol. The molecule has 0 amide bonds. The van der Waals surface area contributed by atoms with Gasteiger partial charge in [0.1, 0.15) is 0 Å². The maximum atomic E-state index is 3.36. The van der Waals surface area contributed by atoms with Gasteiger partial charge < -0.3 is 34.0 Å². The zero-order chi connectivity index (χ0) is 14.7. The van der Waals surface area contributed by atoms with Gasteiger partial charge in [0, 0.05) is 0 Å². The third-order valence-electron chi connectivity index (χ3n) is 4.80. The van der Waals surface area contributed by atoms with E-state index in [2.05, 4.69) is 62.4 Å². The van der Waals surface area contributed by atoms with E-state index in [1.165, 1.54) is 36.8 Å². The molecule has 2 unspecified atom stereocenters. The van der Waals surface area contributed by atoms with Crippen LogP contribution in [0, 0.1) is 18.1 Å². The van der Waals surface area contributed by atoms with E-state index >= 15 is 0 Å². The third kappa shape index (κ3) is 5.56. The van der Waals surface area contributed by atoms with E-state index in [0.29, 0.717) is 11.8 Å². The first-order valence-corrected chi connectivity index (χ1v) is 8.29. The minimum absolute atomic E-state index is 0. The molecule has 0 fully saturated rings. The Labute approximate surface area is 183 Å². The maximum Gasteiger partial charge on any atom is 4.00 e. The Morgan fingerprint density at radius 1 is 1.00 bits per heavy atom. The Bertz CT molecular complexity index is 602. The van der Waals surface area contributed by atoms with Crippen LogP contribution < -0.4 is 34.0 Å². The summed E-state index contributed by atoms with van der Waals surface area (Å²) in [6.45, 7) is 4.46. The van der Waals surface area contributed by atoms with Crippen LogP contribution in [0.3, 0.4) is 0 Å². The summed E-state index contributed by atoms with van der Waals surface area (Å²) in [4.78, 5) is 0. The number of halogens is 2. The van der Waals surface area contributed by atoms with Gasteiger partial charge in [-0.15, -0.1) is 11.6 Å². The molecule has 24 heavy (non-hydrogen) atoms. The van der Waals surface area contributed by atoms with Gasteiger partial charge in [0.25, 0.3) is 0 Å². The number of hydrogen-bond acceptors (Lipinski definition) is 0. The van der Waals surface area contributed by atoms with Crippen molar-refractivity contribution in [3.05, 3.63) is 64.8 Å². The van der Waals surface area contributed by atoms with Gasteiger partial charge in [-0.1, -0.05) is 69.6 Å². The molecule has 0 aliphatic heterocycles. The summed E-state index contributed by atoms with van der Waals surface area (Å²) in [6.07, 6.45) is 17.6. The third-order valence-corrected chi connectivity index (χ3v) is 4.80. The molecule has 0 nitrogen and oxygen atoms in total. The summed E-state index contributed by atoms with van der Waals surface area (Å²) in [5.41, 5.74) is 6.05. The van der Waals surface area contributed by atoms with Crippen LogP contribution in [0.5, 0.6) is 0 Å². The van der Waals surface area contributed by atoms with Crippen LogP contribution in [0.25, 0.3) is 6.08 Å². The molecule has 2 atom stereocenters. The van der Waals surface area contributed by atoms with E-state index < -0.39 is 0 Å². The summed E-state index contributed by atoms with van der Waals surface area (Å²) in [7, 11) is 0. The summed E-state index contributed by atoms with van der Waals surface area (Å²) >= 11 is 0. The fourth-order valence-corrected chi connectivity index (χ4v) is 3.52. The topological polar surface area (TPSA) is 0 Å². The van der Waals surface area contributed by atoms with Crippen LogP contribution in [0.2, 0.25) is 0 Å². The van der Waals surface area contributed by atoms with Gasteiger partial charge in [-0.05, 0) is 6.42 Å². The molecule has 0 N–H and O–H groups in total. The molecule has 4 rings (SSSR count). The van der Waals surface area contributed by atoms with Crippen molar-refractivity contribution in [1.82, 2.24) is 0 Å². The number of hydrogen-bond donors (Lipinski definition) is 0. The molecule has 0 radical (unpaired) electrons. The van der Waals surface area contributed by atoms with Crippen LogP contribution in [-0.4, -0.2) is 0 Å². The van der Waals surface area contributed by atoms with Gasteiger partial charge in [-0.3, -0.25) is 12.2 Å². The normalized spacial score (nSPS) is 22.2. The van der Waals surface area contributed by atoms with Gasteiger partial charge in [-0.2, -0.15) is 16.7 Å². The number of benzene rings is 1. The first-order chi connectivity index (χ1) is 10.3. The number of rotatable bonds is 1. The molecular formula is C21H24Br2Ti. The van der Waals surface area contributed by atoms with Crippen LogP contribution in [-0.2, 0) is 21.7 Å². The van der Waals surface area contributed by atoms with E-state index in [4.69, 9.17) is 0 Å². The molecule has 0 aromatic heterocycles. The van der Waals surface area contributed by atoms with E-state index in [-0.39, 0.29) is 55.7 Å². The van der Waals surface area contributed by atoms with Gasteiger partial charge >= 0.3 is 21.7 Å². The predicted molar refractivity (Wildman–Crippen MR) is 89.7 cm³/mol. The Morgan fingerprint density at radius 3 is 2.42 bits per heavy atom. The second-order valence-corrected chi connectivity index (χ2v) is 6.19. The van der Waals surface area contributed by atoms with Gasteiger partial charge in [-0.25, -0.2) is 12.2 Å². The fraction of sp³-hybridized carbons (Fsp3) is 0.429. The van der Waals surface area contributed by atoms with E-state index in [0.717, 1.165) is 6.42 Å². The van der Waals surface area contributed by atoms with E-state index in [9.17, 15) is 0 Å². The van der Waals surface area contributed by atoms with Crippen LogP contribution in [0.15, 0.2) is 41.5 Å². The van der Waals surface area contributed by atoms with Crippen molar-refractivity contribution in [2.45, 2.75) is 51.9 Å². The molecular weight excluding hydrogens is 460 g/mol. The minimum Gasteiger partial charge on any atom is -1.00 e.